The molecule has 1 N–H and O–H groups in total. The van der Waals surface area contributed by atoms with Gasteiger partial charge in [-0.05, 0) is 42.5 Å². The molecule has 6 heteroatoms. The van der Waals surface area contributed by atoms with Crippen LogP contribution in [0, 0.1) is 0 Å². The molecule has 2 aromatic carbocycles. The minimum absolute atomic E-state index is 0.101. The molecule has 0 fully saturated rings. The van der Waals surface area contributed by atoms with Crippen molar-refractivity contribution < 1.29 is 19.1 Å². The maximum Gasteiger partial charge on any atom is 0.261 e. The van der Waals surface area contributed by atoms with Crippen molar-refractivity contribution in [3.63, 3.8) is 0 Å². The van der Waals surface area contributed by atoms with Crippen molar-refractivity contribution in [3.05, 3.63) is 82.7 Å². The average Bonchev–Trinajstić information content (AvgIpc) is 3.15. The molecule has 0 aliphatic carbocycles. The summed E-state index contributed by atoms with van der Waals surface area (Å²) in [6.45, 7) is 0.454. The lowest BCUT2D eigenvalue weighted by Crippen LogP contribution is -2.34. The molecule has 1 aromatic heterocycles. The molecule has 0 spiro atoms. The van der Waals surface area contributed by atoms with Crippen LogP contribution in [0.1, 0.15) is 11.3 Å². The number of carbonyl (C=O) groups is 1. The van der Waals surface area contributed by atoms with E-state index in [0.717, 1.165) is 4.47 Å². The molecule has 1 amide bonds. The number of benzene rings is 2. The van der Waals surface area contributed by atoms with Gasteiger partial charge in [-0.2, -0.15) is 0 Å². The third-order valence-corrected chi connectivity index (χ3v) is 4.34. The van der Waals surface area contributed by atoms with Crippen LogP contribution in [0.5, 0.6) is 11.5 Å². The number of carbonyl (C=O) groups excluding carboxylic acids is 1. The summed E-state index contributed by atoms with van der Waals surface area (Å²) in [6.07, 6.45) is 1.57. The van der Waals surface area contributed by atoms with Crippen molar-refractivity contribution in [2.45, 2.75) is 13.1 Å². The first-order chi connectivity index (χ1) is 12.6. The lowest BCUT2D eigenvalue weighted by Gasteiger charge is -2.22. The standard InChI is InChI=1S/C20H18BrNO4/c21-16-7-9-17(10-8-16)26-14-20(24)22(13-18-5-3-11-25-18)12-15-4-1-2-6-19(15)23/h1-11,23H,12-14H2. The smallest absolute Gasteiger partial charge is 0.261 e. The second-order valence-corrected chi connectivity index (χ2v) is 6.62. The first kappa shape index (κ1) is 18.1. The number of halogens is 1. The Hall–Kier alpha value is -2.73. The fourth-order valence-corrected chi connectivity index (χ4v) is 2.70. The van der Waals surface area contributed by atoms with Gasteiger partial charge in [0.2, 0.25) is 0 Å². The highest BCUT2D eigenvalue weighted by Gasteiger charge is 2.18. The molecule has 0 bridgehead atoms. The van der Waals surface area contributed by atoms with Gasteiger partial charge in [0.15, 0.2) is 6.61 Å². The van der Waals surface area contributed by atoms with Crippen molar-refractivity contribution >= 4 is 21.8 Å². The monoisotopic (exact) mass is 415 g/mol. The van der Waals surface area contributed by atoms with Crippen LogP contribution in [-0.2, 0) is 17.9 Å². The van der Waals surface area contributed by atoms with Crippen molar-refractivity contribution in [2.24, 2.45) is 0 Å². The van der Waals surface area contributed by atoms with Gasteiger partial charge >= 0.3 is 0 Å². The normalized spacial score (nSPS) is 10.5. The Bertz CT molecular complexity index is 847. The van der Waals surface area contributed by atoms with E-state index in [1.807, 2.05) is 18.2 Å². The van der Waals surface area contributed by atoms with Crippen LogP contribution in [-0.4, -0.2) is 22.5 Å². The minimum Gasteiger partial charge on any atom is -0.508 e. The highest BCUT2D eigenvalue weighted by Crippen LogP contribution is 2.20. The molecule has 0 unspecified atom stereocenters. The maximum atomic E-state index is 12.7. The van der Waals surface area contributed by atoms with E-state index >= 15 is 0 Å². The van der Waals surface area contributed by atoms with E-state index in [9.17, 15) is 9.90 Å². The number of phenols is 1. The molecule has 3 aromatic rings. The minimum atomic E-state index is -0.201. The lowest BCUT2D eigenvalue weighted by molar-refractivity contribution is -0.134. The van der Waals surface area contributed by atoms with Crippen LogP contribution in [0.4, 0.5) is 0 Å². The molecule has 0 radical (unpaired) electrons. The van der Waals surface area contributed by atoms with Gasteiger partial charge in [0.05, 0.1) is 12.8 Å². The summed E-state index contributed by atoms with van der Waals surface area (Å²) < 4.78 is 11.9. The second-order valence-electron chi connectivity index (χ2n) is 5.70. The van der Waals surface area contributed by atoms with Crippen LogP contribution in [0.15, 0.2) is 75.8 Å². The summed E-state index contributed by atoms with van der Waals surface area (Å²) >= 11 is 3.36. The third-order valence-electron chi connectivity index (χ3n) is 3.81. The van der Waals surface area contributed by atoms with Crippen LogP contribution in [0.25, 0.3) is 0 Å². The Morgan fingerprint density at radius 3 is 2.50 bits per heavy atom. The number of furan rings is 1. The SMILES string of the molecule is O=C(COc1ccc(Br)cc1)N(Cc1ccco1)Cc1ccccc1O. The molecular formula is C20H18BrNO4. The number of amides is 1. The summed E-state index contributed by atoms with van der Waals surface area (Å²) in [4.78, 5) is 14.3. The first-order valence-electron chi connectivity index (χ1n) is 8.07. The number of phenolic OH excluding ortho intramolecular Hbond substituents is 1. The van der Waals surface area contributed by atoms with E-state index < -0.39 is 0 Å². The van der Waals surface area contributed by atoms with E-state index in [-0.39, 0.29) is 24.8 Å². The largest absolute Gasteiger partial charge is 0.508 e. The lowest BCUT2D eigenvalue weighted by atomic mass is 10.2. The van der Waals surface area contributed by atoms with E-state index in [1.54, 1.807) is 53.6 Å². The topological polar surface area (TPSA) is 62.9 Å². The number of rotatable bonds is 7. The highest BCUT2D eigenvalue weighted by atomic mass is 79.9. The van der Waals surface area contributed by atoms with Gasteiger partial charge in [-0.3, -0.25) is 4.79 Å². The van der Waals surface area contributed by atoms with Crippen LogP contribution in [0.2, 0.25) is 0 Å². The van der Waals surface area contributed by atoms with Crippen LogP contribution >= 0.6 is 15.9 Å². The van der Waals surface area contributed by atoms with Crippen molar-refractivity contribution in [1.29, 1.82) is 0 Å². The Morgan fingerprint density at radius 1 is 1.04 bits per heavy atom. The fraction of sp³-hybridized carbons (Fsp3) is 0.150. The van der Waals surface area contributed by atoms with E-state index in [1.165, 1.54) is 0 Å². The van der Waals surface area contributed by atoms with Crippen LogP contribution < -0.4 is 4.74 Å². The molecule has 134 valence electrons. The Morgan fingerprint density at radius 2 is 1.81 bits per heavy atom. The third kappa shape index (κ3) is 4.89. The Balaban J connectivity index is 1.70. The molecule has 0 saturated heterocycles. The predicted molar refractivity (Wildman–Crippen MR) is 101 cm³/mol. The molecule has 1 heterocycles. The fourth-order valence-electron chi connectivity index (χ4n) is 2.44. The number of hydrogen-bond acceptors (Lipinski definition) is 4. The molecule has 3 rings (SSSR count). The summed E-state index contributed by atoms with van der Waals surface area (Å²) in [6, 6.07) is 17.8. The summed E-state index contributed by atoms with van der Waals surface area (Å²) in [5.41, 5.74) is 0.663. The van der Waals surface area contributed by atoms with Crippen LogP contribution in [0.3, 0.4) is 0 Å². The van der Waals surface area contributed by atoms with Gasteiger partial charge in [-0.25, -0.2) is 0 Å². The first-order valence-corrected chi connectivity index (χ1v) is 8.86. The van der Waals surface area contributed by atoms with Crippen molar-refractivity contribution in [1.82, 2.24) is 4.90 Å². The Labute approximate surface area is 159 Å². The number of aromatic hydroxyl groups is 1. The summed E-state index contributed by atoms with van der Waals surface area (Å²) in [7, 11) is 0. The second kappa shape index (κ2) is 8.58. The predicted octanol–water partition coefficient (Wildman–Crippen LogP) is 4.36. The Kier molecular flexibility index (Phi) is 5.96. The average molecular weight is 416 g/mol. The zero-order chi connectivity index (χ0) is 18.4. The van der Waals surface area contributed by atoms with Gasteiger partial charge < -0.3 is 19.2 Å². The molecule has 5 nitrogen and oxygen atoms in total. The molecule has 0 aliphatic heterocycles. The van der Waals surface area contributed by atoms with Crippen molar-refractivity contribution in [3.8, 4) is 11.5 Å². The van der Waals surface area contributed by atoms with Gasteiger partial charge in [-0.1, -0.05) is 34.1 Å². The van der Waals surface area contributed by atoms with E-state index in [2.05, 4.69) is 15.9 Å². The molecule has 0 saturated carbocycles. The number of ether oxygens (including phenoxy) is 1. The van der Waals surface area contributed by atoms with Gasteiger partial charge in [-0.15, -0.1) is 0 Å². The van der Waals surface area contributed by atoms with Gasteiger partial charge in [0, 0.05) is 16.6 Å². The molecule has 0 aliphatic rings. The van der Waals surface area contributed by atoms with E-state index in [0.29, 0.717) is 23.6 Å². The molecule has 26 heavy (non-hydrogen) atoms. The number of hydrogen-bond donors (Lipinski definition) is 1. The number of nitrogens with zero attached hydrogens (tertiary/aromatic N) is 1. The highest BCUT2D eigenvalue weighted by molar-refractivity contribution is 9.10. The molecule has 0 atom stereocenters. The van der Waals surface area contributed by atoms with E-state index in [4.69, 9.17) is 9.15 Å². The van der Waals surface area contributed by atoms with Gasteiger partial charge in [0.1, 0.15) is 17.3 Å². The molecular weight excluding hydrogens is 398 g/mol. The number of para-hydroxylation sites is 1. The summed E-state index contributed by atoms with van der Waals surface area (Å²) in [5, 5.41) is 10.0. The zero-order valence-corrected chi connectivity index (χ0v) is 15.6. The summed E-state index contributed by atoms with van der Waals surface area (Å²) in [5.74, 6) is 1.23. The van der Waals surface area contributed by atoms with Crippen molar-refractivity contribution in [2.75, 3.05) is 6.61 Å². The quantitative estimate of drug-likeness (QED) is 0.622. The van der Waals surface area contributed by atoms with Gasteiger partial charge in [0.25, 0.3) is 5.91 Å². The maximum absolute atomic E-state index is 12.7. The zero-order valence-electron chi connectivity index (χ0n) is 14.0.